The van der Waals surface area contributed by atoms with Gasteiger partial charge in [0.15, 0.2) is 0 Å². The van der Waals surface area contributed by atoms with Gasteiger partial charge < -0.3 is 9.84 Å². The van der Waals surface area contributed by atoms with Gasteiger partial charge in [-0.1, -0.05) is 41.6 Å². The van der Waals surface area contributed by atoms with Crippen LogP contribution in [0.3, 0.4) is 0 Å². The Morgan fingerprint density at radius 3 is 2.86 bits per heavy atom. The van der Waals surface area contributed by atoms with E-state index in [4.69, 9.17) is 4.52 Å². The number of nitrogens with one attached hydrogen (secondary N) is 1. The number of amides is 1. The van der Waals surface area contributed by atoms with Crippen LogP contribution in [0.15, 0.2) is 58.4 Å². The number of carbonyl (C=O) groups excluding carboxylic acids is 1. The minimum atomic E-state index is -0.0581. The van der Waals surface area contributed by atoms with Crippen LogP contribution in [-0.4, -0.2) is 25.8 Å². The first-order valence-corrected chi connectivity index (χ1v) is 10.3. The van der Waals surface area contributed by atoms with E-state index < -0.39 is 0 Å². The fourth-order valence-corrected chi connectivity index (χ4v) is 3.64. The first-order chi connectivity index (χ1) is 14.2. The highest BCUT2D eigenvalue weighted by Gasteiger charge is 2.12. The number of rotatable bonds is 8. The molecular formula is C21H21N5O2S. The molecule has 0 unspecified atom stereocenters. The summed E-state index contributed by atoms with van der Waals surface area (Å²) >= 11 is 1.57. The predicted octanol–water partition coefficient (Wildman–Crippen LogP) is 4.31. The fraction of sp³-hybridized carbons (Fsp3) is 0.238. The molecule has 0 bridgehead atoms. The molecule has 4 aromatic rings. The third-order valence-corrected chi connectivity index (χ3v) is 5.21. The van der Waals surface area contributed by atoms with Gasteiger partial charge in [0.25, 0.3) is 0 Å². The van der Waals surface area contributed by atoms with Crippen LogP contribution in [0.25, 0.3) is 10.7 Å². The van der Waals surface area contributed by atoms with E-state index in [1.165, 1.54) is 0 Å². The molecule has 1 N–H and O–H groups in total. The second-order valence-corrected chi connectivity index (χ2v) is 7.65. The molecule has 8 heteroatoms. The Labute approximate surface area is 172 Å². The lowest BCUT2D eigenvalue weighted by Gasteiger charge is -2.09. The predicted molar refractivity (Wildman–Crippen MR) is 112 cm³/mol. The van der Waals surface area contributed by atoms with E-state index >= 15 is 0 Å². The smallest absolute Gasteiger partial charge is 0.226 e. The molecular weight excluding hydrogens is 386 g/mol. The van der Waals surface area contributed by atoms with Gasteiger partial charge in [0.1, 0.15) is 5.82 Å². The number of thiophene rings is 1. The van der Waals surface area contributed by atoms with Crippen molar-refractivity contribution >= 4 is 23.1 Å². The molecule has 1 aromatic carbocycles. The molecule has 4 rings (SSSR count). The van der Waals surface area contributed by atoms with Crippen molar-refractivity contribution < 1.29 is 9.32 Å². The van der Waals surface area contributed by atoms with Crippen LogP contribution in [0, 0.1) is 6.92 Å². The molecule has 0 radical (unpaired) electrons. The normalized spacial score (nSPS) is 10.9. The Hall–Kier alpha value is -3.26. The highest BCUT2D eigenvalue weighted by Crippen LogP contribution is 2.21. The highest BCUT2D eigenvalue weighted by molar-refractivity contribution is 7.13. The zero-order chi connectivity index (χ0) is 20.1. The second-order valence-electron chi connectivity index (χ2n) is 6.70. The average molecular weight is 407 g/mol. The summed E-state index contributed by atoms with van der Waals surface area (Å²) in [7, 11) is 0. The third-order valence-electron chi connectivity index (χ3n) is 4.35. The van der Waals surface area contributed by atoms with Crippen molar-refractivity contribution in [1.82, 2.24) is 19.9 Å². The van der Waals surface area contributed by atoms with Gasteiger partial charge in [-0.15, -0.1) is 11.3 Å². The van der Waals surface area contributed by atoms with Crippen LogP contribution in [0.2, 0.25) is 0 Å². The van der Waals surface area contributed by atoms with E-state index in [1.54, 1.807) is 11.3 Å². The minimum Gasteiger partial charge on any atom is -0.339 e. The van der Waals surface area contributed by atoms with Crippen molar-refractivity contribution in [2.75, 3.05) is 5.32 Å². The summed E-state index contributed by atoms with van der Waals surface area (Å²) in [6.07, 6.45) is 1.56. The van der Waals surface area contributed by atoms with Gasteiger partial charge in [-0.3, -0.25) is 4.79 Å². The molecule has 0 aliphatic rings. The van der Waals surface area contributed by atoms with E-state index in [0.29, 0.717) is 43.3 Å². The maximum atomic E-state index is 12.4. The van der Waals surface area contributed by atoms with E-state index in [9.17, 15) is 4.79 Å². The number of hydrogen-bond acceptors (Lipinski definition) is 6. The Balaban J connectivity index is 1.30. The number of aryl methyl sites for hydroxylation is 2. The SMILES string of the molecule is Cc1cc(NC(=O)CCCc2nc(-c3cccs3)no2)n(Cc2ccccc2)n1. The summed E-state index contributed by atoms with van der Waals surface area (Å²) in [4.78, 5) is 17.7. The Kier molecular flexibility index (Phi) is 5.81. The average Bonchev–Trinajstić information content (AvgIpc) is 3.45. The van der Waals surface area contributed by atoms with Gasteiger partial charge in [0, 0.05) is 18.9 Å². The van der Waals surface area contributed by atoms with Crippen molar-refractivity contribution in [3.05, 3.63) is 71.1 Å². The number of nitrogens with zero attached hydrogens (tertiary/aromatic N) is 4. The molecule has 7 nitrogen and oxygen atoms in total. The summed E-state index contributed by atoms with van der Waals surface area (Å²) in [6, 6.07) is 15.8. The molecule has 0 aliphatic carbocycles. The lowest BCUT2D eigenvalue weighted by Crippen LogP contribution is -2.16. The van der Waals surface area contributed by atoms with Gasteiger partial charge in [-0.2, -0.15) is 10.1 Å². The number of carbonyl (C=O) groups is 1. The summed E-state index contributed by atoms with van der Waals surface area (Å²) in [5.41, 5.74) is 1.99. The molecule has 0 atom stereocenters. The summed E-state index contributed by atoms with van der Waals surface area (Å²) < 4.78 is 7.09. The first-order valence-electron chi connectivity index (χ1n) is 9.42. The Morgan fingerprint density at radius 1 is 1.21 bits per heavy atom. The van der Waals surface area contributed by atoms with E-state index in [1.807, 2.05) is 65.5 Å². The van der Waals surface area contributed by atoms with Crippen LogP contribution in [-0.2, 0) is 17.8 Å². The number of benzene rings is 1. The second kappa shape index (κ2) is 8.83. The maximum absolute atomic E-state index is 12.4. The van der Waals surface area contributed by atoms with Crippen LogP contribution in [0.1, 0.15) is 30.0 Å². The van der Waals surface area contributed by atoms with Gasteiger partial charge >= 0.3 is 0 Å². The molecule has 3 aromatic heterocycles. The van der Waals surface area contributed by atoms with E-state index in [-0.39, 0.29) is 5.91 Å². The number of aromatic nitrogens is 4. The first kappa shape index (κ1) is 19.1. The maximum Gasteiger partial charge on any atom is 0.226 e. The highest BCUT2D eigenvalue weighted by atomic mass is 32.1. The van der Waals surface area contributed by atoms with Gasteiger partial charge in [0.2, 0.25) is 17.6 Å². The quantitative estimate of drug-likeness (QED) is 0.470. The van der Waals surface area contributed by atoms with Crippen LogP contribution < -0.4 is 5.32 Å². The Bertz CT molecular complexity index is 1070. The standard InChI is InChI=1S/C21H21N5O2S/c1-15-13-18(26(24-15)14-16-7-3-2-4-8-16)22-19(27)10-5-11-20-23-21(25-28-20)17-9-6-12-29-17/h2-4,6-9,12-13H,5,10-11,14H2,1H3,(H,22,27). The van der Waals surface area contributed by atoms with E-state index in [0.717, 1.165) is 16.1 Å². The monoisotopic (exact) mass is 407 g/mol. The molecule has 3 heterocycles. The number of hydrogen-bond donors (Lipinski definition) is 1. The summed E-state index contributed by atoms with van der Waals surface area (Å²) in [5, 5.41) is 13.4. The summed E-state index contributed by atoms with van der Waals surface area (Å²) in [5.74, 6) is 1.79. The topological polar surface area (TPSA) is 85.8 Å². The van der Waals surface area contributed by atoms with Crippen molar-refractivity contribution in [1.29, 1.82) is 0 Å². The van der Waals surface area contributed by atoms with Crippen molar-refractivity contribution in [2.24, 2.45) is 0 Å². The zero-order valence-electron chi connectivity index (χ0n) is 16.0. The van der Waals surface area contributed by atoms with Crippen LogP contribution in [0.5, 0.6) is 0 Å². The van der Waals surface area contributed by atoms with Crippen molar-refractivity contribution in [3.63, 3.8) is 0 Å². The minimum absolute atomic E-state index is 0.0581. The largest absolute Gasteiger partial charge is 0.339 e. The Morgan fingerprint density at radius 2 is 2.07 bits per heavy atom. The molecule has 0 aliphatic heterocycles. The van der Waals surface area contributed by atoms with Gasteiger partial charge in [-0.05, 0) is 30.4 Å². The molecule has 148 valence electrons. The lowest BCUT2D eigenvalue weighted by molar-refractivity contribution is -0.116. The third kappa shape index (κ3) is 4.97. The van der Waals surface area contributed by atoms with Gasteiger partial charge in [0.05, 0.1) is 17.1 Å². The molecule has 0 spiro atoms. The fourth-order valence-electron chi connectivity index (χ4n) is 2.99. The molecule has 0 fully saturated rings. The van der Waals surface area contributed by atoms with Crippen LogP contribution >= 0.6 is 11.3 Å². The number of anilines is 1. The molecule has 1 amide bonds. The van der Waals surface area contributed by atoms with Gasteiger partial charge in [-0.25, -0.2) is 4.68 Å². The van der Waals surface area contributed by atoms with Crippen molar-refractivity contribution in [3.8, 4) is 10.7 Å². The van der Waals surface area contributed by atoms with Crippen LogP contribution in [0.4, 0.5) is 5.82 Å². The van der Waals surface area contributed by atoms with E-state index in [2.05, 4.69) is 20.6 Å². The lowest BCUT2D eigenvalue weighted by atomic mass is 10.2. The summed E-state index contributed by atoms with van der Waals surface area (Å²) in [6.45, 7) is 2.52. The molecule has 0 saturated carbocycles. The van der Waals surface area contributed by atoms with Crippen molar-refractivity contribution in [2.45, 2.75) is 32.7 Å². The molecule has 29 heavy (non-hydrogen) atoms. The molecule has 0 saturated heterocycles. The zero-order valence-corrected chi connectivity index (χ0v) is 16.9.